The van der Waals surface area contributed by atoms with Crippen molar-refractivity contribution in [2.45, 2.75) is 26.4 Å². The summed E-state index contributed by atoms with van der Waals surface area (Å²) in [7, 11) is -3.50. The molecule has 0 aliphatic carbocycles. The lowest BCUT2D eigenvalue weighted by Crippen LogP contribution is -2.36. The van der Waals surface area contributed by atoms with Crippen LogP contribution in [0.5, 0.6) is 11.5 Å². The van der Waals surface area contributed by atoms with Crippen LogP contribution in [0.4, 0.5) is 11.4 Å². The summed E-state index contributed by atoms with van der Waals surface area (Å²) in [6, 6.07) is 12.4. The number of carbonyl (C=O) groups excluding carboxylic acids is 1. The molecular formula is C20H24N2O5S. The minimum Gasteiger partial charge on any atom is -0.492 e. The third kappa shape index (κ3) is 4.39. The second kappa shape index (κ2) is 8.10. The van der Waals surface area contributed by atoms with E-state index in [-0.39, 0.29) is 18.9 Å². The summed E-state index contributed by atoms with van der Waals surface area (Å²) in [5, 5.41) is 2.83. The number of sulfonamides is 1. The number of nitrogens with one attached hydrogen (secondary N) is 1. The number of nitrogens with zero attached hydrogens (tertiary/aromatic N) is 1. The normalized spacial score (nSPS) is 16.5. The van der Waals surface area contributed by atoms with E-state index in [1.54, 1.807) is 30.3 Å². The quantitative estimate of drug-likeness (QED) is 0.828. The first kappa shape index (κ1) is 20.0. The maximum Gasteiger partial charge on any atom is 0.265 e. The number of carbonyl (C=O) groups is 1. The number of ether oxygens (including phenoxy) is 2. The van der Waals surface area contributed by atoms with Crippen LogP contribution < -0.4 is 19.1 Å². The molecule has 1 aliphatic heterocycles. The molecule has 2 aromatic carbocycles. The second-order valence-electron chi connectivity index (χ2n) is 6.62. The number of anilines is 2. The van der Waals surface area contributed by atoms with Gasteiger partial charge in [0.15, 0.2) is 6.10 Å². The largest absolute Gasteiger partial charge is 0.492 e. The van der Waals surface area contributed by atoms with Crippen LogP contribution in [0.2, 0.25) is 0 Å². The Morgan fingerprint density at radius 1 is 1.29 bits per heavy atom. The van der Waals surface area contributed by atoms with Crippen LogP contribution in [0.1, 0.15) is 18.9 Å². The zero-order chi connectivity index (χ0) is 20.3. The Balaban J connectivity index is 1.87. The lowest BCUT2D eigenvalue weighted by Gasteiger charge is -2.21. The first-order valence-corrected chi connectivity index (χ1v) is 10.9. The first-order valence-electron chi connectivity index (χ1n) is 9.07. The number of amides is 1. The summed E-state index contributed by atoms with van der Waals surface area (Å²) in [5.74, 6) is 0.585. The maximum absolute atomic E-state index is 12.9. The van der Waals surface area contributed by atoms with E-state index in [4.69, 9.17) is 9.47 Å². The van der Waals surface area contributed by atoms with Crippen LogP contribution in [-0.4, -0.2) is 39.8 Å². The molecule has 0 spiro atoms. The molecule has 0 fully saturated rings. The van der Waals surface area contributed by atoms with E-state index in [9.17, 15) is 13.2 Å². The van der Waals surface area contributed by atoms with Crippen LogP contribution in [0.25, 0.3) is 0 Å². The fraction of sp³-hybridized carbons (Fsp3) is 0.350. The summed E-state index contributed by atoms with van der Waals surface area (Å²) in [5.41, 5.74) is 1.91. The molecule has 8 heteroatoms. The Morgan fingerprint density at radius 3 is 2.75 bits per heavy atom. The number of para-hydroxylation sites is 2. The molecule has 2 aromatic rings. The predicted molar refractivity (Wildman–Crippen MR) is 109 cm³/mol. The molecule has 7 nitrogen and oxygen atoms in total. The molecule has 150 valence electrons. The fourth-order valence-electron chi connectivity index (χ4n) is 3.08. The lowest BCUT2D eigenvalue weighted by atomic mass is 10.2. The van der Waals surface area contributed by atoms with Gasteiger partial charge in [0.1, 0.15) is 11.5 Å². The van der Waals surface area contributed by atoms with Crippen molar-refractivity contribution >= 4 is 27.3 Å². The summed E-state index contributed by atoms with van der Waals surface area (Å²) in [6.07, 6.45) is 0.546. The molecule has 28 heavy (non-hydrogen) atoms. The Hall–Kier alpha value is -2.74. The van der Waals surface area contributed by atoms with Gasteiger partial charge in [0.2, 0.25) is 10.0 Å². The van der Waals surface area contributed by atoms with Crippen LogP contribution in [0.3, 0.4) is 0 Å². The minimum atomic E-state index is -3.50. The highest BCUT2D eigenvalue weighted by Crippen LogP contribution is 2.35. The van der Waals surface area contributed by atoms with Crippen molar-refractivity contribution in [2.24, 2.45) is 0 Å². The average Bonchev–Trinajstić information content (AvgIpc) is 2.82. The second-order valence-corrected chi connectivity index (χ2v) is 8.53. The SMILES string of the molecule is CCOc1ccccc1NC(=O)[C@@H]1CCN(S(C)(=O)=O)c2cc(C)ccc2O1. The third-order valence-electron chi connectivity index (χ3n) is 4.38. The van der Waals surface area contributed by atoms with E-state index in [2.05, 4.69) is 5.32 Å². The van der Waals surface area contributed by atoms with Crippen molar-refractivity contribution in [1.82, 2.24) is 0 Å². The van der Waals surface area contributed by atoms with Crippen molar-refractivity contribution in [1.29, 1.82) is 0 Å². The number of benzene rings is 2. The van der Waals surface area contributed by atoms with E-state index >= 15 is 0 Å². The van der Waals surface area contributed by atoms with Gasteiger partial charge in [0.05, 0.1) is 24.2 Å². The first-order chi connectivity index (χ1) is 13.3. The zero-order valence-corrected chi connectivity index (χ0v) is 17.0. The van der Waals surface area contributed by atoms with E-state index < -0.39 is 16.1 Å². The molecule has 1 atom stereocenters. The molecule has 0 saturated heterocycles. The number of rotatable bonds is 5. The molecule has 0 bridgehead atoms. The topological polar surface area (TPSA) is 84.9 Å². The minimum absolute atomic E-state index is 0.153. The number of hydrogen-bond acceptors (Lipinski definition) is 5. The summed E-state index contributed by atoms with van der Waals surface area (Å²) < 4.78 is 37.2. The fourth-order valence-corrected chi connectivity index (χ4v) is 4.02. The van der Waals surface area contributed by atoms with Crippen LogP contribution in [0.15, 0.2) is 42.5 Å². The molecule has 1 N–H and O–H groups in total. The maximum atomic E-state index is 12.9. The Morgan fingerprint density at radius 2 is 2.04 bits per heavy atom. The molecule has 0 aromatic heterocycles. The van der Waals surface area contributed by atoms with Crippen molar-refractivity contribution in [3.8, 4) is 11.5 Å². The van der Waals surface area contributed by atoms with Gasteiger partial charge in [-0.25, -0.2) is 8.42 Å². The van der Waals surface area contributed by atoms with Crippen molar-refractivity contribution in [3.05, 3.63) is 48.0 Å². The molecule has 1 aliphatic rings. The van der Waals surface area contributed by atoms with Crippen molar-refractivity contribution < 1.29 is 22.7 Å². The number of hydrogen-bond donors (Lipinski definition) is 1. The van der Waals surface area contributed by atoms with Gasteiger partial charge in [-0.05, 0) is 43.7 Å². The van der Waals surface area contributed by atoms with Gasteiger partial charge in [0, 0.05) is 13.0 Å². The van der Waals surface area contributed by atoms with Gasteiger partial charge < -0.3 is 14.8 Å². The molecular weight excluding hydrogens is 380 g/mol. The summed E-state index contributed by atoms with van der Waals surface area (Å²) in [6.45, 7) is 4.37. The van der Waals surface area contributed by atoms with Crippen molar-refractivity contribution in [3.63, 3.8) is 0 Å². The molecule has 1 amide bonds. The third-order valence-corrected chi connectivity index (χ3v) is 5.56. The molecule has 0 radical (unpaired) electrons. The van der Waals surface area contributed by atoms with E-state index in [0.717, 1.165) is 11.8 Å². The van der Waals surface area contributed by atoms with Gasteiger partial charge in [-0.1, -0.05) is 18.2 Å². The summed E-state index contributed by atoms with van der Waals surface area (Å²) in [4.78, 5) is 12.9. The number of aryl methyl sites for hydroxylation is 1. The van der Waals surface area contributed by atoms with E-state index in [1.807, 2.05) is 26.0 Å². The number of fused-ring (bicyclic) bond motifs is 1. The van der Waals surface area contributed by atoms with Gasteiger partial charge in [-0.2, -0.15) is 0 Å². The van der Waals surface area contributed by atoms with Crippen LogP contribution in [0, 0.1) is 6.92 Å². The van der Waals surface area contributed by atoms with Gasteiger partial charge >= 0.3 is 0 Å². The van der Waals surface area contributed by atoms with Crippen LogP contribution in [-0.2, 0) is 14.8 Å². The highest BCUT2D eigenvalue weighted by Gasteiger charge is 2.31. The van der Waals surface area contributed by atoms with Crippen LogP contribution >= 0.6 is 0 Å². The van der Waals surface area contributed by atoms with Gasteiger partial charge in [-0.3, -0.25) is 9.10 Å². The molecule has 0 saturated carbocycles. The highest BCUT2D eigenvalue weighted by atomic mass is 32.2. The molecule has 0 unspecified atom stereocenters. The smallest absolute Gasteiger partial charge is 0.265 e. The lowest BCUT2D eigenvalue weighted by molar-refractivity contribution is -0.122. The van der Waals surface area contributed by atoms with Crippen molar-refractivity contribution in [2.75, 3.05) is 29.0 Å². The highest BCUT2D eigenvalue weighted by molar-refractivity contribution is 7.92. The summed E-state index contributed by atoms with van der Waals surface area (Å²) >= 11 is 0. The average molecular weight is 404 g/mol. The Bertz CT molecular complexity index is 974. The van der Waals surface area contributed by atoms with E-state index in [0.29, 0.717) is 29.5 Å². The Kier molecular flexibility index (Phi) is 5.79. The standard InChI is InChI=1S/C20H24N2O5S/c1-4-26-17-8-6-5-7-15(17)21-20(23)19-11-12-22(28(3,24)25)16-13-14(2)9-10-18(16)27-19/h5-10,13,19H,4,11-12H2,1-3H3,(H,21,23)/t19-/m0/s1. The monoisotopic (exact) mass is 404 g/mol. The Labute approximate surface area is 165 Å². The molecule has 1 heterocycles. The zero-order valence-electron chi connectivity index (χ0n) is 16.1. The van der Waals surface area contributed by atoms with Gasteiger partial charge in [-0.15, -0.1) is 0 Å². The van der Waals surface area contributed by atoms with E-state index in [1.165, 1.54) is 4.31 Å². The predicted octanol–water partition coefficient (Wildman–Crippen LogP) is 2.95. The van der Waals surface area contributed by atoms with Gasteiger partial charge in [0.25, 0.3) is 5.91 Å². The molecule has 3 rings (SSSR count).